The summed E-state index contributed by atoms with van der Waals surface area (Å²) in [4.78, 5) is 0. The van der Waals surface area contributed by atoms with E-state index >= 15 is 0 Å². The molecule has 2 unspecified atom stereocenters. The van der Waals surface area contributed by atoms with Crippen molar-refractivity contribution in [3.8, 4) is 0 Å². The van der Waals surface area contributed by atoms with Crippen LogP contribution in [0.1, 0.15) is 12.8 Å². The molecule has 9 heavy (non-hydrogen) atoms. The van der Waals surface area contributed by atoms with Crippen molar-refractivity contribution in [2.24, 2.45) is 28.5 Å². The molecule has 2 aliphatic carbocycles. The summed E-state index contributed by atoms with van der Waals surface area (Å²) in [5, 5.41) is 3.66. The Bertz CT molecular complexity index is 150. The van der Waals surface area contributed by atoms with Gasteiger partial charge in [0.25, 0.3) is 0 Å². The Morgan fingerprint density at radius 2 is 1.89 bits per heavy atom. The maximum atomic E-state index is 5.69. The van der Waals surface area contributed by atoms with Crippen LogP contribution in [0, 0.1) is 11.8 Å². The lowest BCUT2D eigenvalue weighted by Gasteiger charge is -1.96. The molecule has 2 saturated carbocycles. The van der Waals surface area contributed by atoms with Crippen molar-refractivity contribution in [1.82, 2.24) is 0 Å². The highest BCUT2D eigenvalue weighted by atomic mass is 15.1. The zero-order valence-corrected chi connectivity index (χ0v) is 5.25. The van der Waals surface area contributed by atoms with Crippen LogP contribution in [-0.4, -0.2) is 11.8 Å². The molecule has 0 heterocycles. The molecule has 0 radical (unpaired) electrons. The number of fused-ring (bicyclic) bond motifs is 1. The second-order valence-electron chi connectivity index (χ2n) is 3.01. The van der Waals surface area contributed by atoms with Crippen molar-refractivity contribution in [3.05, 3.63) is 0 Å². The monoisotopic (exact) mass is 125 g/mol. The standard InChI is InChI=1S/C6H11N3/c7-6-4-1-3(9-8)2-5(4)6/h4-6H,1-2,7-8H2. The van der Waals surface area contributed by atoms with Crippen LogP contribution < -0.4 is 11.6 Å². The van der Waals surface area contributed by atoms with Crippen molar-refractivity contribution >= 4 is 5.71 Å². The topological polar surface area (TPSA) is 64.4 Å². The van der Waals surface area contributed by atoms with Gasteiger partial charge >= 0.3 is 0 Å². The lowest BCUT2D eigenvalue weighted by Crippen LogP contribution is -2.11. The lowest BCUT2D eigenvalue weighted by atomic mass is 10.2. The molecule has 0 bridgehead atoms. The Morgan fingerprint density at radius 1 is 1.33 bits per heavy atom. The molecule has 2 aliphatic rings. The van der Waals surface area contributed by atoms with Gasteiger partial charge in [-0.1, -0.05) is 0 Å². The van der Waals surface area contributed by atoms with Gasteiger partial charge in [0.1, 0.15) is 0 Å². The molecule has 3 nitrogen and oxygen atoms in total. The summed E-state index contributed by atoms with van der Waals surface area (Å²) in [6.07, 6.45) is 2.12. The highest BCUT2D eigenvalue weighted by Gasteiger charge is 2.52. The van der Waals surface area contributed by atoms with Gasteiger partial charge in [-0.3, -0.25) is 0 Å². The Balaban J connectivity index is 2.04. The largest absolute Gasteiger partial charge is 0.327 e. The van der Waals surface area contributed by atoms with E-state index in [1.165, 1.54) is 0 Å². The quantitative estimate of drug-likeness (QED) is 0.344. The molecule has 0 aliphatic heterocycles. The van der Waals surface area contributed by atoms with E-state index < -0.39 is 0 Å². The summed E-state index contributed by atoms with van der Waals surface area (Å²) in [7, 11) is 0. The zero-order valence-electron chi connectivity index (χ0n) is 5.25. The first-order valence-corrected chi connectivity index (χ1v) is 3.34. The third kappa shape index (κ3) is 0.580. The van der Waals surface area contributed by atoms with Crippen LogP contribution in [0.5, 0.6) is 0 Å². The molecular formula is C6H11N3. The molecule has 0 aromatic carbocycles. The molecular weight excluding hydrogens is 114 g/mol. The highest BCUT2D eigenvalue weighted by molar-refractivity contribution is 5.88. The van der Waals surface area contributed by atoms with E-state index in [4.69, 9.17) is 11.6 Å². The van der Waals surface area contributed by atoms with Crippen LogP contribution in [0.25, 0.3) is 0 Å². The van der Waals surface area contributed by atoms with Crippen LogP contribution >= 0.6 is 0 Å². The van der Waals surface area contributed by atoms with E-state index in [2.05, 4.69) is 5.10 Å². The van der Waals surface area contributed by atoms with E-state index in [-0.39, 0.29) is 0 Å². The van der Waals surface area contributed by atoms with Gasteiger partial charge in [-0.05, 0) is 24.7 Å². The van der Waals surface area contributed by atoms with Crippen molar-refractivity contribution in [2.75, 3.05) is 0 Å². The van der Waals surface area contributed by atoms with Crippen molar-refractivity contribution in [1.29, 1.82) is 0 Å². The average molecular weight is 125 g/mol. The molecule has 50 valence electrons. The van der Waals surface area contributed by atoms with E-state index in [1.807, 2.05) is 0 Å². The Morgan fingerprint density at radius 3 is 2.33 bits per heavy atom. The molecule has 0 aromatic rings. The van der Waals surface area contributed by atoms with Crippen LogP contribution in [0.2, 0.25) is 0 Å². The van der Waals surface area contributed by atoms with E-state index in [0.29, 0.717) is 6.04 Å². The minimum Gasteiger partial charge on any atom is -0.327 e. The lowest BCUT2D eigenvalue weighted by molar-refractivity contribution is 0.834. The van der Waals surface area contributed by atoms with Gasteiger partial charge < -0.3 is 11.6 Å². The molecule has 3 heteroatoms. The van der Waals surface area contributed by atoms with Crippen molar-refractivity contribution in [3.63, 3.8) is 0 Å². The molecule has 0 aromatic heterocycles. The fourth-order valence-electron chi connectivity index (χ4n) is 1.78. The van der Waals surface area contributed by atoms with Gasteiger partial charge in [0.2, 0.25) is 0 Å². The third-order valence-electron chi connectivity index (χ3n) is 2.52. The first-order chi connectivity index (χ1) is 4.33. The van der Waals surface area contributed by atoms with Gasteiger partial charge in [0, 0.05) is 11.8 Å². The zero-order chi connectivity index (χ0) is 6.43. The maximum Gasteiger partial charge on any atom is 0.0382 e. The molecule has 0 amide bonds. The molecule has 2 atom stereocenters. The molecule has 0 spiro atoms. The van der Waals surface area contributed by atoms with Gasteiger partial charge in [0.05, 0.1) is 0 Å². The summed E-state index contributed by atoms with van der Waals surface area (Å²) >= 11 is 0. The number of hydrogen-bond acceptors (Lipinski definition) is 3. The Hall–Kier alpha value is -0.570. The van der Waals surface area contributed by atoms with E-state index in [0.717, 1.165) is 30.4 Å². The van der Waals surface area contributed by atoms with Crippen LogP contribution in [-0.2, 0) is 0 Å². The highest BCUT2D eigenvalue weighted by Crippen LogP contribution is 2.48. The number of hydrogen-bond donors (Lipinski definition) is 2. The number of nitrogens with zero attached hydrogens (tertiary/aromatic N) is 1. The Kier molecular flexibility index (Phi) is 0.858. The van der Waals surface area contributed by atoms with E-state index in [9.17, 15) is 0 Å². The molecule has 2 rings (SSSR count). The van der Waals surface area contributed by atoms with Gasteiger partial charge in [0.15, 0.2) is 0 Å². The first-order valence-electron chi connectivity index (χ1n) is 3.34. The summed E-state index contributed by atoms with van der Waals surface area (Å²) in [6, 6.07) is 0.468. The van der Waals surface area contributed by atoms with Gasteiger partial charge in [-0.25, -0.2) is 0 Å². The van der Waals surface area contributed by atoms with Crippen LogP contribution in [0.3, 0.4) is 0 Å². The number of hydrazone groups is 1. The third-order valence-corrected chi connectivity index (χ3v) is 2.52. The maximum absolute atomic E-state index is 5.69. The van der Waals surface area contributed by atoms with Gasteiger partial charge in [-0.2, -0.15) is 5.10 Å². The fraction of sp³-hybridized carbons (Fsp3) is 0.833. The second kappa shape index (κ2) is 1.48. The van der Waals surface area contributed by atoms with Gasteiger partial charge in [-0.15, -0.1) is 0 Å². The summed E-state index contributed by atoms with van der Waals surface area (Å²) in [5.74, 6) is 6.57. The molecule has 2 fully saturated rings. The Labute approximate surface area is 54.1 Å². The normalized spacial score (nSPS) is 46.8. The predicted octanol–water partition coefficient (Wildman–Crippen LogP) is -0.332. The smallest absolute Gasteiger partial charge is 0.0382 e. The van der Waals surface area contributed by atoms with Crippen molar-refractivity contribution < 1.29 is 0 Å². The van der Waals surface area contributed by atoms with E-state index in [1.54, 1.807) is 0 Å². The van der Waals surface area contributed by atoms with Crippen molar-refractivity contribution in [2.45, 2.75) is 18.9 Å². The minimum atomic E-state index is 0.468. The second-order valence-corrected chi connectivity index (χ2v) is 3.01. The molecule has 4 N–H and O–H groups in total. The SMILES string of the molecule is NN=C1CC2C(N)C2C1. The predicted molar refractivity (Wildman–Crippen MR) is 35.8 cm³/mol. The fourth-order valence-corrected chi connectivity index (χ4v) is 1.78. The summed E-state index contributed by atoms with van der Waals surface area (Å²) in [5.41, 5.74) is 6.85. The number of nitrogens with two attached hydrogens (primary N) is 2. The van der Waals surface area contributed by atoms with Crippen LogP contribution in [0.15, 0.2) is 5.10 Å². The summed E-state index contributed by atoms with van der Waals surface area (Å²) in [6.45, 7) is 0. The minimum absolute atomic E-state index is 0.468. The molecule has 0 saturated heterocycles. The summed E-state index contributed by atoms with van der Waals surface area (Å²) < 4.78 is 0. The first kappa shape index (κ1) is 5.23. The van der Waals surface area contributed by atoms with Crippen LogP contribution in [0.4, 0.5) is 0 Å². The average Bonchev–Trinajstić information content (AvgIpc) is 2.32. The number of rotatable bonds is 0.